The van der Waals surface area contributed by atoms with Crippen molar-refractivity contribution in [3.05, 3.63) is 97.2 Å². The second-order valence-electron chi connectivity index (χ2n) is 9.46. The molecule has 9 heteroatoms. The largest absolute Gasteiger partial charge is 0.416 e. The molecule has 0 amide bonds. The summed E-state index contributed by atoms with van der Waals surface area (Å²) in [6, 6.07) is 12.7. The molecule has 0 unspecified atom stereocenters. The second-order valence-corrected chi connectivity index (χ2v) is 9.46. The van der Waals surface area contributed by atoms with Crippen LogP contribution in [0.15, 0.2) is 58.1 Å². The summed E-state index contributed by atoms with van der Waals surface area (Å²) in [5.41, 5.74) is 3.48. The van der Waals surface area contributed by atoms with Crippen molar-refractivity contribution in [3.63, 3.8) is 0 Å². The third-order valence-corrected chi connectivity index (χ3v) is 7.13. The van der Waals surface area contributed by atoms with Gasteiger partial charge in [0.25, 0.3) is 11.1 Å². The minimum absolute atomic E-state index is 0.0186. The van der Waals surface area contributed by atoms with Crippen LogP contribution >= 0.6 is 0 Å². The van der Waals surface area contributed by atoms with Gasteiger partial charge in [0.05, 0.1) is 22.3 Å². The number of halogens is 3. The van der Waals surface area contributed by atoms with E-state index < -0.39 is 11.7 Å². The number of para-hydroxylation sites is 1. The van der Waals surface area contributed by atoms with Gasteiger partial charge in [-0.25, -0.2) is 4.98 Å². The van der Waals surface area contributed by atoms with Crippen LogP contribution in [0.3, 0.4) is 0 Å². The lowest BCUT2D eigenvalue weighted by Gasteiger charge is -2.28. The Morgan fingerprint density at radius 3 is 2.58 bits per heavy atom. The zero-order valence-corrected chi connectivity index (χ0v) is 19.4. The molecule has 0 spiro atoms. The third kappa shape index (κ3) is 3.93. The molecule has 2 aromatic heterocycles. The Kier molecular flexibility index (Phi) is 5.33. The molecule has 0 radical (unpaired) electrons. The Hall–Kier alpha value is -3.72. The average Bonchev–Trinajstić information content (AvgIpc) is 2.87. The van der Waals surface area contributed by atoms with Gasteiger partial charge in [-0.2, -0.15) is 13.2 Å². The van der Waals surface area contributed by atoms with Crippen molar-refractivity contribution >= 4 is 10.9 Å². The molecule has 0 saturated heterocycles. The predicted octanol–water partition coefficient (Wildman–Crippen LogP) is 4.28. The van der Waals surface area contributed by atoms with E-state index in [0.29, 0.717) is 55.0 Å². The van der Waals surface area contributed by atoms with Crippen molar-refractivity contribution in [2.24, 2.45) is 0 Å². The number of hydrogen-bond donors (Lipinski definition) is 1. The van der Waals surface area contributed by atoms with E-state index in [1.54, 1.807) is 0 Å². The minimum Gasteiger partial charge on any atom is -0.308 e. The van der Waals surface area contributed by atoms with Crippen LogP contribution in [-0.2, 0) is 38.7 Å². The first-order valence-corrected chi connectivity index (χ1v) is 11.9. The maximum atomic E-state index is 13.3. The Morgan fingerprint density at radius 1 is 1.00 bits per heavy atom. The van der Waals surface area contributed by atoms with Gasteiger partial charge in [0.1, 0.15) is 5.82 Å². The summed E-state index contributed by atoms with van der Waals surface area (Å²) in [7, 11) is 0. The number of hydrogen-bond acceptors (Lipinski definition) is 4. The zero-order chi connectivity index (χ0) is 25.0. The van der Waals surface area contributed by atoms with Crippen LogP contribution in [-0.4, -0.2) is 26.0 Å². The van der Waals surface area contributed by atoms with Gasteiger partial charge in [0.15, 0.2) is 0 Å². The number of rotatable bonds is 3. The maximum Gasteiger partial charge on any atom is 0.416 e. The highest BCUT2D eigenvalue weighted by Gasteiger charge is 2.30. The molecule has 4 aromatic rings. The maximum absolute atomic E-state index is 13.3. The molecule has 2 aliphatic heterocycles. The molecule has 1 N–H and O–H groups in total. The topological polar surface area (TPSA) is 71.0 Å². The number of pyridine rings is 1. The van der Waals surface area contributed by atoms with Crippen LogP contribution in [0.1, 0.15) is 34.4 Å². The highest BCUT2D eigenvalue weighted by Crippen LogP contribution is 2.30. The summed E-state index contributed by atoms with van der Waals surface area (Å²) in [5.74, 6) is 0.253. The van der Waals surface area contributed by atoms with Gasteiger partial charge in [-0.15, -0.1) is 0 Å². The number of fused-ring (bicyclic) bond motifs is 1. The Bertz CT molecular complexity index is 1600. The molecular formula is C27H23F3N4O2. The number of nitrogens with one attached hydrogen (secondary N) is 1. The fraction of sp³-hybridized carbons (Fsp3) is 0.296. The lowest BCUT2D eigenvalue weighted by Crippen LogP contribution is -2.37. The first-order chi connectivity index (χ1) is 17.3. The fourth-order valence-corrected chi connectivity index (χ4v) is 5.35. The van der Waals surface area contributed by atoms with Gasteiger partial charge in [0, 0.05) is 43.7 Å². The van der Waals surface area contributed by atoms with Gasteiger partial charge < -0.3 is 9.55 Å². The monoisotopic (exact) mass is 492 g/mol. The molecular weight excluding hydrogens is 469 g/mol. The molecule has 0 atom stereocenters. The molecule has 0 bridgehead atoms. The standard InChI is InChI=1S/C27H23F3N4O2/c28-27(29,30)20-8-6-17(7-9-20)24-31-22-10-12-33(15-21(22)25(35)32-24)14-19-13-18-4-1-3-16-5-2-11-34(23(16)18)26(19)36/h1,3-4,6-9,13H,2,5,10-12,14-15H2,(H,31,32,35). The van der Waals surface area contributed by atoms with E-state index in [1.807, 2.05) is 22.8 Å². The number of aromatic nitrogens is 3. The Balaban J connectivity index is 1.27. The normalized spacial score (nSPS) is 15.8. The third-order valence-electron chi connectivity index (χ3n) is 7.13. The quantitative estimate of drug-likeness (QED) is 0.464. The molecule has 6 nitrogen and oxygen atoms in total. The summed E-state index contributed by atoms with van der Waals surface area (Å²) in [6.07, 6.45) is -2.00. The van der Waals surface area contributed by atoms with Crippen LogP contribution < -0.4 is 11.1 Å². The molecule has 0 aliphatic carbocycles. The van der Waals surface area contributed by atoms with Crippen molar-refractivity contribution in [2.75, 3.05) is 6.54 Å². The predicted molar refractivity (Wildman–Crippen MR) is 130 cm³/mol. The van der Waals surface area contributed by atoms with Crippen LogP contribution in [0.4, 0.5) is 13.2 Å². The van der Waals surface area contributed by atoms with Gasteiger partial charge in [0.2, 0.25) is 0 Å². The summed E-state index contributed by atoms with van der Waals surface area (Å²) in [4.78, 5) is 35.5. The van der Waals surface area contributed by atoms with Gasteiger partial charge in [-0.05, 0) is 42.0 Å². The first-order valence-electron chi connectivity index (χ1n) is 11.9. The minimum atomic E-state index is -4.42. The molecule has 2 aromatic carbocycles. The average molecular weight is 493 g/mol. The summed E-state index contributed by atoms with van der Waals surface area (Å²) in [6.45, 7) is 2.10. The van der Waals surface area contributed by atoms with Crippen LogP contribution in [0.5, 0.6) is 0 Å². The van der Waals surface area contributed by atoms with Crippen molar-refractivity contribution < 1.29 is 13.2 Å². The molecule has 0 saturated carbocycles. The van der Waals surface area contributed by atoms with E-state index in [1.165, 1.54) is 17.7 Å². The van der Waals surface area contributed by atoms with E-state index in [-0.39, 0.29) is 16.9 Å². The zero-order valence-electron chi connectivity index (χ0n) is 19.4. The highest BCUT2D eigenvalue weighted by atomic mass is 19.4. The van der Waals surface area contributed by atoms with E-state index in [2.05, 4.69) is 20.9 Å². The van der Waals surface area contributed by atoms with Crippen molar-refractivity contribution in [3.8, 4) is 11.4 Å². The van der Waals surface area contributed by atoms with Crippen molar-refractivity contribution in [2.45, 2.75) is 45.1 Å². The second kappa shape index (κ2) is 8.44. The van der Waals surface area contributed by atoms with Gasteiger partial charge in [-0.1, -0.05) is 30.3 Å². The highest BCUT2D eigenvalue weighted by molar-refractivity contribution is 5.83. The van der Waals surface area contributed by atoms with E-state index >= 15 is 0 Å². The van der Waals surface area contributed by atoms with E-state index in [4.69, 9.17) is 0 Å². The smallest absolute Gasteiger partial charge is 0.308 e. The Morgan fingerprint density at radius 2 is 1.81 bits per heavy atom. The molecule has 6 rings (SSSR count). The molecule has 184 valence electrons. The number of nitrogens with zero attached hydrogens (tertiary/aromatic N) is 3. The van der Waals surface area contributed by atoms with Gasteiger partial charge >= 0.3 is 6.18 Å². The van der Waals surface area contributed by atoms with E-state index in [9.17, 15) is 22.8 Å². The Labute approximate surface area is 204 Å². The van der Waals surface area contributed by atoms with Gasteiger partial charge in [-0.3, -0.25) is 14.5 Å². The number of alkyl halides is 3. The van der Waals surface area contributed by atoms with Crippen LogP contribution in [0, 0.1) is 0 Å². The summed E-state index contributed by atoms with van der Waals surface area (Å²) in [5, 5.41) is 1.06. The molecule has 0 fully saturated rings. The summed E-state index contributed by atoms with van der Waals surface area (Å²) < 4.78 is 40.5. The van der Waals surface area contributed by atoms with E-state index in [0.717, 1.165) is 35.9 Å². The lowest BCUT2D eigenvalue weighted by atomic mass is 9.99. The van der Waals surface area contributed by atoms with Crippen LogP contribution in [0.25, 0.3) is 22.3 Å². The number of benzene rings is 2. The summed E-state index contributed by atoms with van der Waals surface area (Å²) >= 11 is 0. The first kappa shape index (κ1) is 22.7. The fourth-order valence-electron chi connectivity index (χ4n) is 5.35. The van der Waals surface area contributed by atoms with Crippen molar-refractivity contribution in [1.82, 2.24) is 19.4 Å². The number of aryl methyl sites for hydroxylation is 2. The SMILES string of the molecule is O=c1[nH]c(-c2ccc(C(F)(F)F)cc2)nc2c1CN(Cc1cc3cccc4c3n(c1=O)CCC4)CC2. The molecule has 36 heavy (non-hydrogen) atoms. The van der Waals surface area contributed by atoms with Crippen LogP contribution in [0.2, 0.25) is 0 Å². The van der Waals surface area contributed by atoms with Crippen molar-refractivity contribution in [1.29, 1.82) is 0 Å². The number of aromatic amines is 1. The number of H-pyrrole nitrogens is 1. The lowest BCUT2D eigenvalue weighted by molar-refractivity contribution is -0.137. The molecule has 4 heterocycles. The molecule has 2 aliphatic rings.